The number of phenolic OH excluding ortho intramolecular Hbond substituents is 2. The van der Waals surface area contributed by atoms with Crippen LogP contribution >= 0.6 is 11.6 Å². The normalized spacial score (nSPS) is 10.9. The third kappa shape index (κ3) is 2.83. The molecule has 3 rings (SSSR count). The summed E-state index contributed by atoms with van der Waals surface area (Å²) in [7, 11) is 0. The summed E-state index contributed by atoms with van der Waals surface area (Å²) in [4.78, 5) is 11.3. The Labute approximate surface area is 137 Å². The third-order valence-corrected chi connectivity index (χ3v) is 3.86. The van der Waals surface area contributed by atoms with E-state index in [1.165, 1.54) is 13.0 Å². The van der Waals surface area contributed by atoms with Crippen LogP contribution in [0.2, 0.25) is 5.15 Å². The van der Waals surface area contributed by atoms with Crippen molar-refractivity contribution in [3.63, 3.8) is 0 Å². The van der Waals surface area contributed by atoms with E-state index in [9.17, 15) is 15.0 Å². The van der Waals surface area contributed by atoms with Crippen molar-refractivity contribution in [1.82, 2.24) is 4.57 Å². The average molecular weight is 332 g/mol. The van der Waals surface area contributed by atoms with Gasteiger partial charge in [0.25, 0.3) is 0 Å². The molecule has 0 bridgehead atoms. The Morgan fingerprint density at radius 3 is 2.52 bits per heavy atom. The number of ether oxygens (including phenoxy) is 1. The van der Waals surface area contributed by atoms with E-state index in [-0.39, 0.29) is 22.4 Å². The molecular weight excluding hydrogens is 318 g/mol. The van der Waals surface area contributed by atoms with Crippen LogP contribution in [0.25, 0.3) is 10.9 Å². The first-order valence-electron chi connectivity index (χ1n) is 6.93. The molecule has 0 amide bonds. The predicted octanol–water partition coefficient (Wildman–Crippen LogP) is 3.68. The lowest BCUT2D eigenvalue weighted by Gasteiger charge is -2.07. The predicted molar refractivity (Wildman–Crippen MR) is 87.1 cm³/mol. The van der Waals surface area contributed by atoms with Gasteiger partial charge in [0.15, 0.2) is 10.9 Å². The SMILES string of the molecule is CC(=O)Oc1c(Cl)n(Cc2ccc(O)cc2)c2cccc(O)c12. The number of halogens is 1. The first-order chi connectivity index (χ1) is 11.0. The minimum Gasteiger partial charge on any atom is -0.508 e. The highest BCUT2D eigenvalue weighted by molar-refractivity contribution is 6.33. The molecule has 0 aliphatic rings. The Kier molecular flexibility index (Phi) is 3.88. The van der Waals surface area contributed by atoms with Gasteiger partial charge >= 0.3 is 5.97 Å². The Morgan fingerprint density at radius 1 is 1.17 bits per heavy atom. The maximum Gasteiger partial charge on any atom is 0.308 e. The minimum absolute atomic E-state index is 0.00916. The molecule has 0 atom stereocenters. The van der Waals surface area contributed by atoms with Crippen molar-refractivity contribution in [3.05, 3.63) is 53.2 Å². The second kappa shape index (κ2) is 5.85. The molecule has 0 spiro atoms. The average Bonchev–Trinajstić information content (AvgIpc) is 2.76. The maximum atomic E-state index is 11.3. The first kappa shape index (κ1) is 15.2. The summed E-state index contributed by atoms with van der Waals surface area (Å²) >= 11 is 6.37. The van der Waals surface area contributed by atoms with Crippen molar-refractivity contribution < 1.29 is 19.7 Å². The van der Waals surface area contributed by atoms with Gasteiger partial charge < -0.3 is 19.5 Å². The fourth-order valence-corrected chi connectivity index (χ4v) is 2.78. The zero-order chi connectivity index (χ0) is 16.6. The van der Waals surface area contributed by atoms with Crippen molar-refractivity contribution in [3.8, 4) is 17.2 Å². The van der Waals surface area contributed by atoms with Gasteiger partial charge in [-0.3, -0.25) is 4.79 Å². The van der Waals surface area contributed by atoms with Crippen LogP contribution < -0.4 is 4.74 Å². The number of benzene rings is 2. The number of hydrogen-bond acceptors (Lipinski definition) is 4. The number of carbonyl (C=O) groups is 1. The zero-order valence-electron chi connectivity index (χ0n) is 12.3. The molecule has 5 nitrogen and oxygen atoms in total. The van der Waals surface area contributed by atoms with Crippen LogP contribution in [-0.4, -0.2) is 20.7 Å². The largest absolute Gasteiger partial charge is 0.508 e. The van der Waals surface area contributed by atoms with Gasteiger partial charge in [0, 0.05) is 13.5 Å². The molecule has 3 aromatic rings. The standard InChI is InChI=1S/C17H14ClNO4/c1-10(20)23-16-15-13(3-2-4-14(15)22)19(17(16)18)9-11-5-7-12(21)8-6-11/h2-8,21-22H,9H2,1H3. The summed E-state index contributed by atoms with van der Waals surface area (Å²) in [6, 6.07) is 11.7. The number of aromatic hydroxyl groups is 2. The van der Waals surface area contributed by atoms with Crippen LogP contribution in [0.15, 0.2) is 42.5 Å². The number of aromatic nitrogens is 1. The van der Waals surface area contributed by atoms with E-state index in [1.54, 1.807) is 41.0 Å². The molecule has 6 heteroatoms. The second-order valence-electron chi connectivity index (χ2n) is 5.14. The van der Waals surface area contributed by atoms with Gasteiger partial charge in [0.2, 0.25) is 0 Å². The van der Waals surface area contributed by atoms with Crippen LogP contribution in [0.5, 0.6) is 17.2 Å². The molecule has 2 aromatic carbocycles. The van der Waals surface area contributed by atoms with Crippen LogP contribution in [0, 0.1) is 0 Å². The van der Waals surface area contributed by atoms with E-state index in [1.807, 2.05) is 0 Å². The lowest BCUT2D eigenvalue weighted by atomic mass is 10.2. The number of carbonyl (C=O) groups excluding carboxylic acids is 1. The molecule has 0 saturated heterocycles. The molecule has 1 aromatic heterocycles. The zero-order valence-corrected chi connectivity index (χ0v) is 13.0. The quantitative estimate of drug-likeness (QED) is 0.718. The second-order valence-corrected chi connectivity index (χ2v) is 5.50. The number of nitrogens with zero attached hydrogens (tertiary/aromatic N) is 1. The van der Waals surface area contributed by atoms with Crippen LogP contribution in [-0.2, 0) is 11.3 Å². The van der Waals surface area contributed by atoms with Gasteiger partial charge in [-0.2, -0.15) is 0 Å². The molecule has 118 valence electrons. The van der Waals surface area contributed by atoms with Gasteiger partial charge in [0.05, 0.1) is 10.9 Å². The van der Waals surface area contributed by atoms with E-state index >= 15 is 0 Å². The van der Waals surface area contributed by atoms with E-state index < -0.39 is 5.97 Å². The number of phenols is 2. The van der Waals surface area contributed by atoms with Crippen molar-refractivity contribution >= 4 is 28.5 Å². The fourth-order valence-electron chi connectivity index (χ4n) is 2.49. The fraction of sp³-hybridized carbons (Fsp3) is 0.118. The van der Waals surface area contributed by atoms with Crippen molar-refractivity contribution in [2.75, 3.05) is 0 Å². The van der Waals surface area contributed by atoms with Crippen molar-refractivity contribution in [2.24, 2.45) is 0 Å². The summed E-state index contributed by atoms with van der Waals surface area (Å²) in [5, 5.41) is 20.1. The van der Waals surface area contributed by atoms with E-state index in [2.05, 4.69) is 0 Å². The molecule has 1 heterocycles. The molecule has 0 unspecified atom stereocenters. The van der Waals surface area contributed by atoms with Gasteiger partial charge in [-0.15, -0.1) is 0 Å². The monoisotopic (exact) mass is 331 g/mol. The maximum absolute atomic E-state index is 11.3. The third-order valence-electron chi connectivity index (χ3n) is 3.49. The number of hydrogen-bond donors (Lipinski definition) is 2. The minimum atomic E-state index is -0.515. The molecular formula is C17H14ClNO4. The van der Waals surface area contributed by atoms with Crippen molar-refractivity contribution in [2.45, 2.75) is 13.5 Å². The van der Waals surface area contributed by atoms with Crippen LogP contribution in [0.1, 0.15) is 12.5 Å². The Morgan fingerprint density at radius 2 is 1.87 bits per heavy atom. The van der Waals surface area contributed by atoms with Gasteiger partial charge in [-0.1, -0.05) is 29.8 Å². The van der Waals surface area contributed by atoms with Crippen molar-refractivity contribution in [1.29, 1.82) is 0 Å². The molecule has 0 aliphatic carbocycles. The summed E-state index contributed by atoms with van der Waals surface area (Å²) in [5.74, 6) is -0.203. The molecule has 0 saturated carbocycles. The molecule has 0 aliphatic heterocycles. The van der Waals surface area contributed by atoms with Gasteiger partial charge in [-0.05, 0) is 29.8 Å². The van der Waals surface area contributed by atoms with Crippen LogP contribution in [0.3, 0.4) is 0 Å². The first-order valence-corrected chi connectivity index (χ1v) is 7.31. The number of esters is 1. The van der Waals surface area contributed by atoms with E-state index in [4.69, 9.17) is 16.3 Å². The topological polar surface area (TPSA) is 71.7 Å². The van der Waals surface area contributed by atoms with Gasteiger partial charge in [-0.25, -0.2) is 0 Å². The number of fused-ring (bicyclic) bond motifs is 1. The molecule has 2 N–H and O–H groups in total. The summed E-state index contributed by atoms with van der Waals surface area (Å²) in [6.07, 6.45) is 0. The highest BCUT2D eigenvalue weighted by Crippen LogP contribution is 2.42. The van der Waals surface area contributed by atoms with E-state index in [0.717, 1.165) is 5.56 Å². The summed E-state index contributed by atoms with van der Waals surface area (Å²) in [5.41, 5.74) is 1.55. The summed E-state index contributed by atoms with van der Waals surface area (Å²) < 4.78 is 6.92. The lowest BCUT2D eigenvalue weighted by molar-refractivity contribution is -0.131. The highest BCUT2D eigenvalue weighted by Gasteiger charge is 2.21. The molecule has 0 fully saturated rings. The highest BCUT2D eigenvalue weighted by atomic mass is 35.5. The van der Waals surface area contributed by atoms with E-state index in [0.29, 0.717) is 17.4 Å². The summed E-state index contributed by atoms with van der Waals surface area (Å²) in [6.45, 7) is 1.68. The Hall–Kier alpha value is -2.66. The van der Waals surface area contributed by atoms with Crippen LogP contribution in [0.4, 0.5) is 0 Å². The number of rotatable bonds is 3. The molecule has 23 heavy (non-hydrogen) atoms. The smallest absolute Gasteiger partial charge is 0.308 e. The lowest BCUT2D eigenvalue weighted by Crippen LogP contribution is -2.03. The van der Waals surface area contributed by atoms with Gasteiger partial charge in [0.1, 0.15) is 11.5 Å². The Bertz CT molecular complexity index is 884. The Balaban J connectivity index is 2.16. The molecule has 0 radical (unpaired) electrons.